The maximum absolute atomic E-state index is 5.41. The van der Waals surface area contributed by atoms with Crippen molar-refractivity contribution in [3.8, 4) is 0 Å². The minimum Gasteiger partial charge on any atom is -0.330 e. The fourth-order valence-electron chi connectivity index (χ4n) is 1.60. The van der Waals surface area contributed by atoms with Crippen molar-refractivity contribution in [2.24, 2.45) is 5.73 Å². The second kappa shape index (κ2) is 3.79. The smallest absolute Gasteiger partial charge is 0.151 e. The van der Waals surface area contributed by atoms with E-state index in [4.69, 9.17) is 5.73 Å². The molecule has 0 saturated heterocycles. The predicted octanol–water partition coefficient (Wildman–Crippen LogP) is 0.252. The highest BCUT2D eigenvalue weighted by molar-refractivity contribution is 5.15. The first-order valence-electron chi connectivity index (χ1n) is 4.81. The van der Waals surface area contributed by atoms with Gasteiger partial charge in [-0.3, -0.25) is 0 Å². The molecule has 0 amide bonds. The summed E-state index contributed by atoms with van der Waals surface area (Å²) >= 11 is 0. The SMILES string of the molecule is NCCCc1nnc2c(n1)CCC2. The van der Waals surface area contributed by atoms with Crippen LogP contribution in [-0.2, 0) is 19.3 Å². The lowest BCUT2D eigenvalue weighted by Crippen LogP contribution is -2.06. The van der Waals surface area contributed by atoms with Crippen LogP contribution in [0.2, 0.25) is 0 Å². The molecule has 4 heteroatoms. The Morgan fingerprint density at radius 3 is 2.85 bits per heavy atom. The van der Waals surface area contributed by atoms with E-state index in [2.05, 4.69) is 15.2 Å². The lowest BCUT2D eigenvalue weighted by molar-refractivity contribution is 0.734. The zero-order chi connectivity index (χ0) is 9.10. The molecular formula is C9H14N4. The maximum atomic E-state index is 5.41. The Balaban J connectivity index is 2.12. The molecule has 0 bridgehead atoms. The van der Waals surface area contributed by atoms with Crippen molar-refractivity contribution in [3.63, 3.8) is 0 Å². The lowest BCUT2D eigenvalue weighted by atomic mass is 10.3. The molecule has 0 aliphatic heterocycles. The van der Waals surface area contributed by atoms with Gasteiger partial charge in [0.25, 0.3) is 0 Å². The van der Waals surface area contributed by atoms with Crippen molar-refractivity contribution in [2.75, 3.05) is 6.54 Å². The molecule has 0 unspecified atom stereocenters. The quantitative estimate of drug-likeness (QED) is 0.720. The number of fused-ring (bicyclic) bond motifs is 1. The number of hydrogen-bond donors (Lipinski definition) is 1. The molecule has 1 aromatic rings. The van der Waals surface area contributed by atoms with Crippen LogP contribution < -0.4 is 5.73 Å². The van der Waals surface area contributed by atoms with Gasteiger partial charge in [-0.1, -0.05) is 0 Å². The van der Waals surface area contributed by atoms with Gasteiger partial charge in [0, 0.05) is 6.42 Å². The van der Waals surface area contributed by atoms with Crippen LogP contribution in [-0.4, -0.2) is 21.7 Å². The average Bonchev–Trinajstić information content (AvgIpc) is 2.61. The van der Waals surface area contributed by atoms with Crippen molar-refractivity contribution >= 4 is 0 Å². The van der Waals surface area contributed by atoms with Crippen molar-refractivity contribution in [1.82, 2.24) is 15.2 Å². The summed E-state index contributed by atoms with van der Waals surface area (Å²) < 4.78 is 0. The molecule has 1 aliphatic carbocycles. The van der Waals surface area contributed by atoms with Gasteiger partial charge in [0.15, 0.2) is 5.82 Å². The van der Waals surface area contributed by atoms with Crippen LogP contribution in [0.1, 0.15) is 30.1 Å². The number of nitrogens with two attached hydrogens (primary N) is 1. The Hall–Kier alpha value is -1.03. The van der Waals surface area contributed by atoms with Crippen molar-refractivity contribution in [2.45, 2.75) is 32.1 Å². The third kappa shape index (κ3) is 1.83. The predicted molar refractivity (Wildman–Crippen MR) is 49.2 cm³/mol. The summed E-state index contributed by atoms with van der Waals surface area (Å²) in [7, 11) is 0. The first-order valence-corrected chi connectivity index (χ1v) is 4.81. The molecule has 0 fully saturated rings. The lowest BCUT2D eigenvalue weighted by Gasteiger charge is -2.00. The largest absolute Gasteiger partial charge is 0.330 e. The van der Waals surface area contributed by atoms with Crippen molar-refractivity contribution in [3.05, 3.63) is 17.2 Å². The van der Waals surface area contributed by atoms with E-state index in [0.29, 0.717) is 6.54 Å². The third-order valence-corrected chi connectivity index (χ3v) is 2.31. The Morgan fingerprint density at radius 2 is 2.00 bits per heavy atom. The van der Waals surface area contributed by atoms with E-state index in [0.717, 1.165) is 42.9 Å². The second-order valence-electron chi connectivity index (χ2n) is 3.37. The van der Waals surface area contributed by atoms with Crippen LogP contribution in [0.5, 0.6) is 0 Å². The fourth-order valence-corrected chi connectivity index (χ4v) is 1.60. The highest BCUT2D eigenvalue weighted by atomic mass is 15.2. The number of aromatic nitrogens is 3. The van der Waals surface area contributed by atoms with Crippen molar-refractivity contribution in [1.29, 1.82) is 0 Å². The molecule has 1 aliphatic rings. The normalized spacial score (nSPS) is 14.5. The average molecular weight is 178 g/mol. The molecule has 13 heavy (non-hydrogen) atoms. The van der Waals surface area contributed by atoms with E-state index in [1.54, 1.807) is 0 Å². The monoisotopic (exact) mass is 178 g/mol. The molecule has 70 valence electrons. The zero-order valence-electron chi connectivity index (χ0n) is 7.66. The highest BCUT2D eigenvalue weighted by Gasteiger charge is 2.14. The minimum atomic E-state index is 0.695. The molecule has 0 spiro atoms. The number of rotatable bonds is 3. The van der Waals surface area contributed by atoms with E-state index in [9.17, 15) is 0 Å². The van der Waals surface area contributed by atoms with Crippen LogP contribution in [0.15, 0.2) is 0 Å². The first kappa shape index (κ1) is 8.56. The number of nitrogens with zero attached hydrogens (tertiary/aromatic N) is 3. The van der Waals surface area contributed by atoms with Crippen molar-refractivity contribution < 1.29 is 0 Å². The summed E-state index contributed by atoms with van der Waals surface area (Å²) in [6, 6.07) is 0. The third-order valence-electron chi connectivity index (χ3n) is 2.31. The van der Waals surface area contributed by atoms with Gasteiger partial charge in [0.1, 0.15) is 0 Å². The molecule has 0 radical (unpaired) electrons. The molecular weight excluding hydrogens is 164 g/mol. The van der Waals surface area contributed by atoms with E-state index in [1.165, 1.54) is 6.42 Å². The van der Waals surface area contributed by atoms with E-state index < -0.39 is 0 Å². The van der Waals surface area contributed by atoms with Gasteiger partial charge >= 0.3 is 0 Å². The summed E-state index contributed by atoms with van der Waals surface area (Å²) in [6.07, 6.45) is 5.10. The fraction of sp³-hybridized carbons (Fsp3) is 0.667. The number of hydrogen-bond acceptors (Lipinski definition) is 4. The Morgan fingerprint density at radius 1 is 1.15 bits per heavy atom. The first-order chi connectivity index (χ1) is 6.40. The standard InChI is InChI=1S/C9H14N4/c10-6-2-5-9-11-7-3-1-4-8(7)12-13-9/h1-6,10H2. The molecule has 2 N–H and O–H groups in total. The second-order valence-corrected chi connectivity index (χ2v) is 3.37. The summed E-state index contributed by atoms with van der Waals surface area (Å²) in [5, 5.41) is 8.23. The molecule has 4 nitrogen and oxygen atoms in total. The van der Waals surface area contributed by atoms with Gasteiger partial charge in [-0.2, -0.15) is 5.10 Å². The topological polar surface area (TPSA) is 64.7 Å². The van der Waals surface area contributed by atoms with Gasteiger partial charge in [-0.15, -0.1) is 5.10 Å². The van der Waals surface area contributed by atoms with Crippen LogP contribution >= 0.6 is 0 Å². The van der Waals surface area contributed by atoms with E-state index in [-0.39, 0.29) is 0 Å². The van der Waals surface area contributed by atoms with Crippen LogP contribution in [0, 0.1) is 0 Å². The van der Waals surface area contributed by atoms with Gasteiger partial charge < -0.3 is 5.73 Å². The van der Waals surface area contributed by atoms with E-state index >= 15 is 0 Å². The molecule has 0 saturated carbocycles. The van der Waals surface area contributed by atoms with Crippen LogP contribution in [0.25, 0.3) is 0 Å². The summed E-state index contributed by atoms with van der Waals surface area (Å²) in [5.41, 5.74) is 7.66. The van der Waals surface area contributed by atoms with Gasteiger partial charge in [-0.05, 0) is 32.2 Å². The van der Waals surface area contributed by atoms with Crippen LogP contribution in [0.4, 0.5) is 0 Å². The minimum absolute atomic E-state index is 0.695. The molecule has 0 atom stereocenters. The Bertz CT molecular complexity index is 298. The Labute approximate surface area is 77.6 Å². The maximum Gasteiger partial charge on any atom is 0.151 e. The van der Waals surface area contributed by atoms with Gasteiger partial charge in [0.05, 0.1) is 11.4 Å². The molecule has 2 rings (SSSR count). The van der Waals surface area contributed by atoms with E-state index in [1.807, 2.05) is 0 Å². The van der Waals surface area contributed by atoms with Gasteiger partial charge in [-0.25, -0.2) is 4.98 Å². The van der Waals surface area contributed by atoms with Crippen LogP contribution in [0.3, 0.4) is 0 Å². The molecule has 1 heterocycles. The van der Waals surface area contributed by atoms with Gasteiger partial charge in [0.2, 0.25) is 0 Å². The molecule has 1 aromatic heterocycles. The summed E-state index contributed by atoms with van der Waals surface area (Å²) in [6.45, 7) is 0.695. The molecule has 0 aromatic carbocycles. The summed E-state index contributed by atoms with van der Waals surface area (Å²) in [4.78, 5) is 4.46. The number of aryl methyl sites for hydroxylation is 3. The Kier molecular flexibility index (Phi) is 2.49. The zero-order valence-corrected chi connectivity index (χ0v) is 7.66. The highest BCUT2D eigenvalue weighted by Crippen LogP contribution is 2.16. The summed E-state index contributed by atoms with van der Waals surface area (Å²) in [5.74, 6) is 0.853.